The number of aliphatic carboxylic acids is 1. The maximum Gasteiger partial charge on any atom is 0.407 e. The quantitative estimate of drug-likeness (QED) is 0.626. The molecule has 162 valence electrons. The Labute approximate surface area is 176 Å². The Morgan fingerprint density at radius 1 is 0.968 bits per heavy atom. The van der Waals surface area contributed by atoms with Crippen LogP contribution < -0.4 is 10.6 Å². The fourth-order valence-electron chi connectivity index (χ4n) is 4.07. The molecule has 0 bridgehead atoms. The highest BCUT2D eigenvalue weighted by molar-refractivity contribution is 5.83. The van der Waals surface area contributed by atoms with Crippen LogP contribution in [0.3, 0.4) is 0 Å². The number of hydrogen-bond donors (Lipinski definition) is 3. The van der Waals surface area contributed by atoms with Gasteiger partial charge in [-0.05, 0) is 22.3 Å². The minimum Gasteiger partial charge on any atom is -0.481 e. The first-order valence-electron chi connectivity index (χ1n) is 9.77. The summed E-state index contributed by atoms with van der Waals surface area (Å²) in [4.78, 5) is 34.5. The number of carboxylic acid groups (broad SMARTS) is 1. The van der Waals surface area contributed by atoms with Crippen molar-refractivity contribution in [2.45, 2.75) is 11.8 Å². The predicted molar refractivity (Wildman–Crippen MR) is 106 cm³/mol. The zero-order valence-corrected chi connectivity index (χ0v) is 16.3. The summed E-state index contributed by atoms with van der Waals surface area (Å²) in [7, 11) is 0. The first-order valence-corrected chi connectivity index (χ1v) is 9.77. The zero-order chi connectivity index (χ0) is 22.2. The number of halogens is 2. The van der Waals surface area contributed by atoms with E-state index in [0.29, 0.717) is 0 Å². The van der Waals surface area contributed by atoms with E-state index in [4.69, 9.17) is 9.84 Å². The summed E-state index contributed by atoms with van der Waals surface area (Å²) < 4.78 is 31.9. The van der Waals surface area contributed by atoms with Crippen molar-refractivity contribution in [3.8, 4) is 11.1 Å². The van der Waals surface area contributed by atoms with Gasteiger partial charge in [0, 0.05) is 12.5 Å². The summed E-state index contributed by atoms with van der Waals surface area (Å²) in [6, 6.07) is 15.7. The second-order valence-corrected chi connectivity index (χ2v) is 7.58. The highest BCUT2D eigenvalue weighted by atomic mass is 19.3. The molecule has 31 heavy (non-hydrogen) atoms. The molecule has 1 saturated carbocycles. The average Bonchev–Trinajstić information content (AvgIpc) is 3.16. The van der Waals surface area contributed by atoms with Gasteiger partial charge in [-0.15, -0.1) is 0 Å². The SMILES string of the molecule is O=C(CNC(=O)OCC1c2ccccc2-c2ccccc21)NCC1C(C(=O)O)C1(F)F. The predicted octanol–water partition coefficient (Wildman–Crippen LogP) is 2.61. The highest BCUT2D eigenvalue weighted by Crippen LogP contribution is 2.54. The summed E-state index contributed by atoms with van der Waals surface area (Å²) >= 11 is 0. The Morgan fingerprint density at radius 2 is 1.55 bits per heavy atom. The Kier molecular flexibility index (Phi) is 5.34. The monoisotopic (exact) mass is 430 g/mol. The number of alkyl halides is 2. The third-order valence-electron chi connectivity index (χ3n) is 5.72. The summed E-state index contributed by atoms with van der Waals surface area (Å²) in [6.45, 7) is -0.863. The Bertz CT molecular complexity index is 997. The van der Waals surface area contributed by atoms with Gasteiger partial charge in [0.15, 0.2) is 0 Å². The fourth-order valence-corrected chi connectivity index (χ4v) is 4.07. The van der Waals surface area contributed by atoms with Crippen molar-refractivity contribution in [2.24, 2.45) is 11.8 Å². The highest BCUT2D eigenvalue weighted by Gasteiger charge is 2.72. The third-order valence-corrected chi connectivity index (χ3v) is 5.72. The molecule has 1 fully saturated rings. The first-order chi connectivity index (χ1) is 14.8. The van der Waals surface area contributed by atoms with Crippen LogP contribution in [0.15, 0.2) is 48.5 Å². The minimum atomic E-state index is -3.33. The van der Waals surface area contributed by atoms with Crippen molar-refractivity contribution in [2.75, 3.05) is 19.7 Å². The van der Waals surface area contributed by atoms with Crippen molar-refractivity contribution >= 4 is 18.0 Å². The van der Waals surface area contributed by atoms with Crippen LogP contribution in [-0.2, 0) is 14.3 Å². The molecule has 2 aliphatic carbocycles. The summed E-state index contributed by atoms with van der Waals surface area (Å²) in [6.07, 6.45) is -0.808. The van der Waals surface area contributed by atoms with Gasteiger partial charge in [-0.25, -0.2) is 13.6 Å². The van der Waals surface area contributed by atoms with Gasteiger partial charge in [0.1, 0.15) is 12.5 Å². The molecule has 2 amide bonds. The molecule has 0 radical (unpaired) electrons. The molecule has 3 N–H and O–H groups in total. The smallest absolute Gasteiger partial charge is 0.407 e. The number of carboxylic acids is 1. The van der Waals surface area contributed by atoms with Crippen molar-refractivity contribution in [1.29, 1.82) is 0 Å². The normalized spacial score (nSPS) is 20.3. The maximum absolute atomic E-state index is 13.3. The lowest BCUT2D eigenvalue weighted by Gasteiger charge is -2.14. The van der Waals surface area contributed by atoms with Crippen LogP contribution in [0, 0.1) is 11.8 Å². The van der Waals surface area contributed by atoms with Crippen LogP contribution in [0.4, 0.5) is 13.6 Å². The van der Waals surface area contributed by atoms with E-state index in [2.05, 4.69) is 10.6 Å². The van der Waals surface area contributed by atoms with Crippen molar-refractivity contribution < 1.29 is 33.0 Å². The molecule has 2 aliphatic rings. The van der Waals surface area contributed by atoms with E-state index in [-0.39, 0.29) is 12.5 Å². The second-order valence-electron chi connectivity index (χ2n) is 7.58. The van der Waals surface area contributed by atoms with Crippen molar-refractivity contribution in [1.82, 2.24) is 10.6 Å². The molecule has 0 spiro atoms. The van der Waals surface area contributed by atoms with Gasteiger partial charge in [-0.2, -0.15) is 0 Å². The fraction of sp³-hybridized carbons (Fsp3) is 0.318. The summed E-state index contributed by atoms with van der Waals surface area (Å²) in [5.74, 6) is -9.00. The lowest BCUT2D eigenvalue weighted by molar-refractivity contribution is -0.141. The van der Waals surface area contributed by atoms with E-state index >= 15 is 0 Å². The molecule has 2 aromatic carbocycles. The molecule has 9 heteroatoms. The Balaban J connectivity index is 1.25. The lowest BCUT2D eigenvalue weighted by Crippen LogP contribution is -2.38. The zero-order valence-electron chi connectivity index (χ0n) is 16.3. The van der Waals surface area contributed by atoms with Crippen molar-refractivity contribution in [3.05, 3.63) is 59.7 Å². The van der Waals surface area contributed by atoms with Crippen LogP contribution >= 0.6 is 0 Å². The molecule has 0 saturated heterocycles. The second kappa shape index (κ2) is 7.98. The van der Waals surface area contributed by atoms with E-state index in [1.54, 1.807) is 0 Å². The van der Waals surface area contributed by atoms with Crippen molar-refractivity contribution in [3.63, 3.8) is 0 Å². The van der Waals surface area contributed by atoms with E-state index in [9.17, 15) is 23.2 Å². The molecule has 2 atom stereocenters. The summed E-state index contributed by atoms with van der Waals surface area (Å²) in [5, 5.41) is 13.2. The Hall–Kier alpha value is -3.49. The number of fused-ring (bicyclic) bond motifs is 3. The molecule has 2 aromatic rings. The van der Waals surface area contributed by atoms with Crippen LogP contribution in [0.25, 0.3) is 11.1 Å². The van der Waals surface area contributed by atoms with Gasteiger partial charge < -0.3 is 20.5 Å². The van der Waals surface area contributed by atoms with Gasteiger partial charge in [-0.3, -0.25) is 9.59 Å². The number of carbonyl (C=O) groups excluding carboxylic acids is 2. The molecule has 4 rings (SSSR count). The number of alkyl carbamates (subject to hydrolysis) is 1. The molecule has 0 aliphatic heterocycles. The van der Waals surface area contributed by atoms with Gasteiger partial charge in [-0.1, -0.05) is 48.5 Å². The molecule has 0 aromatic heterocycles. The minimum absolute atomic E-state index is 0.0794. The van der Waals surface area contributed by atoms with Crippen LogP contribution in [-0.4, -0.2) is 48.7 Å². The number of amides is 2. The van der Waals surface area contributed by atoms with E-state index in [1.165, 1.54) is 0 Å². The molecule has 7 nitrogen and oxygen atoms in total. The lowest BCUT2D eigenvalue weighted by atomic mass is 9.98. The topological polar surface area (TPSA) is 105 Å². The average molecular weight is 430 g/mol. The number of benzene rings is 2. The van der Waals surface area contributed by atoms with Gasteiger partial charge in [0.2, 0.25) is 5.91 Å². The third kappa shape index (κ3) is 3.95. The van der Waals surface area contributed by atoms with Crippen LogP contribution in [0.5, 0.6) is 0 Å². The van der Waals surface area contributed by atoms with Crippen LogP contribution in [0.1, 0.15) is 17.0 Å². The van der Waals surface area contributed by atoms with Gasteiger partial charge in [0.05, 0.1) is 12.5 Å². The molecule has 2 unspecified atom stereocenters. The van der Waals surface area contributed by atoms with E-state index in [1.807, 2.05) is 48.5 Å². The number of ether oxygens (including phenoxy) is 1. The molecular weight excluding hydrogens is 410 g/mol. The number of rotatable bonds is 7. The Morgan fingerprint density at radius 3 is 2.10 bits per heavy atom. The summed E-state index contributed by atoms with van der Waals surface area (Å²) in [5.41, 5.74) is 4.27. The first kappa shape index (κ1) is 20.8. The van der Waals surface area contributed by atoms with E-state index < -0.39 is 48.8 Å². The van der Waals surface area contributed by atoms with Gasteiger partial charge in [0.25, 0.3) is 5.92 Å². The van der Waals surface area contributed by atoms with E-state index in [0.717, 1.165) is 22.3 Å². The number of nitrogens with one attached hydrogen (secondary N) is 2. The largest absolute Gasteiger partial charge is 0.481 e. The van der Waals surface area contributed by atoms with Gasteiger partial charge >= 0.3 is 12.1 Å². The number of hydrogen-bond acceptors (Lipinski definition) is 4. The van der Waals surface area contributed by atoms with Crippen LogP contribution in [0.2, 0.25) is 0 Å². The molecular formula is C22H20F2N2O5. The maximum atomic E-state index is 13.3. The molecule has 0 heterocycles. The standard InChI is InChI=1S/C22H20F2N2O5/c23-22(24)17(19(22)20(28)29)9-25-18(27)10-26-21(30)31-11-16-14-7-3-1-5-12(14)13-6-2-4-8-15(13)16/h1-8,16-17,19H,9-11H2,(H,25,27)(H,26,30)(H,28,29). The number of carbonyl (C=O) groups is 3.